The van der Waals surface area contributed by atoms with Crippen LogP contribution in [0.15, 0.2) is 6.20 Å². The Labute approximate surface area is 119 Å². The number of sulfone groups is 1. The van der Waals surface area contributed by atoms with E-state index in [9.17, 15) is 8.42 Å². The van der Waals surface area contributed by atoms with E-state index >= 15 is 0 Å². The molecule has 7 nitrogen and oxygen atoms in total. The Morgan fingerprint density at radius 3 is 2.65 bits per heavy atom. The molecule has 2 rings (SSSR count). The van der Waals surface area contributed by atoms with Crippen LogP contribution in [0.2, 0.25) is 0 Å². The van der Waals surface area contributed by atoms with Crippen molar-refractivity contribution in [3.05, 3.63) is 6.20 Å². The number of hydrogen-bond donors (Lipinski definition) is 1. The first-order valence-electron chi connectivity index (χ1n) is 6.57. The maximum atomic E-state index is 11.5. The highest BCUT2D eigenvalue weighted by atomic mass is 32.2. The first-order valence-corrected chi connectivity index (χ1v) is 8.40. The Morgan fingerprint density at radius 1 is 1.40 bits per heavy atom. The van der Waals surface area contributed by atoms with Crippen LogP contribution >= 0.6 is 0 Å². The Bertz CT molecular complexity index is 582. The summed E-state index contributed by atoms with van der Waals surface area (Å²) < 4.78 is 23.1. The summed E-state index contributed by atoms with van der Waals surface area (Å²) in [6, 6.07) is -0.0771. The summed E-state index contributed by atoms with van der Waals surface area (Å²) in [4.78, 5) is 6.19. The van der Waals surface area contributed by atoms with Crippen molar-refractivity contribution in [2.24, 2.45) is 0 Å². The highest BCUT2D eigenvalue weighted by Gasteiger charge is 2.32. The molecule has 2 heterocycles. The predicted molar refractivity (Wildman–Crippen MR) is 78.7 cm³/mol. The van der Waals surface area contributed by atoms with Crippen molar-refractivity contribution >= 4 is 21.6 Å². The number of nitrogens with one attached hydrogen (secondary N) is 1. The lowest BCUT2D eigenvalue weighted by Gasteiger charge is -2.25. The molecule has 112 valence electrons. The summed E-state index contributed by atoms with van der Waals surface area (Å²) in [5.41, 5.74) is -0.122. The third-order valence-electron chi connectivity index (χ3n) is 3.12. The van der Waals surface area contributed by atoms with Crippen LogP contribution in [0.25, 0.3) is 0 Å². The van der Waals surface area contributed by atoms with E-state index in [1.165, 1.54) is 0 Å². The lowest BCUT2D eigenvalue weighted by Crippen LogP contribution is -2.34. The van der Waals surface area contributed by atoms with Crippen molar-refractivity contribution in [3.63, 3.8) is 0 Å². The number of rotatable bonds is 3. The minimum atomic E-state index is -2.92. The smallest absolute Gasteiger partial charge is 0.247 e. The van der Waals surface area contributed by atoms with Crippen LogP contribution in [0.5, 0.6) is 0 Å². The lowest BCUT2D eigenvalue weighted by atomic mass is 10.1. The Balaban J connectivity index is 2.15. The number of aromatic nitrogens is 3. The van der Waals surface area contributed by atoms with Gasteiger partial charge in [-0.1, -0.05) is 0 Å². The van der Waals surface area contributed by atoms with Gasteiger partial charge in [0.05, 0.1) is 17.7 Å². The van der Waals surface area contributed by atoms with Gasteiger partial charge in [0.2, 0.25) is 5.95 Å². The second-order valence-corrected chi connectivity index (χ2v) is 8.41. The maximum absolute atomic E-state index is 11.5. The molecule has 1 saturated heterocycles. The van der Waals surface area contributed by atoms with E-state index in [1.54, 1.807) is 11.1 Å². The quantitative estimate of drug-likeness (QED) is 0.879. The highest BCUT2D eigenvalue weighted by Crippen LogP contribution is 2.21. The minimum absolute atomic E-state index is 0.0771. The maximum Gasteiger partial charge on any atom is 0.247 e. The number of anilines is 2. The van der Waals surface area contributed by atoms with Gasteiger partial charge in [0, 0.05) is 18.6 Å². The van der Waals surface area contributed by atoms with Crippen LogP contribution in [0.1, 0.15) is 27.2 Å². The van der Waals surface area contributed by atoms with Crippen molar-refractivity contribution in [1.82, 2.24) is 15.2 Å². The molecular weight excluding hydrogens is 278 g/mol. The van der Waals surface area contributed by atoms with Gasteiger partial charge in [0.15, 0.2) is 15.7 Å². The molecule has 1 fully saturated rings. The molecule has 1 aromatic rings. The fourth-order valence-electron chi connectivity index (χ4n) is 2.13. The molecule has 8 heteroatoms. The fourth-order valence-corrected chi connectivity index (χ4v) is 3.91. The molecule has 1 aromatic heterocycles. The minimum Gasteiger partial charge on any atom is -0.364 e. The van der Waals surface area contributed by atoms with Gasteiger partial charge in [-0.2, -0.15) is 10.1 Å². The van der Waals surface area contributed by atoms with E-state index in [2.05, 4.69) is 20.5 Å². The molecule has 0 saturated carbocycles. The second kappa shape index (κ2) is 5.16. The molecule has 1 aliphatic rings. The fraction of sp³-hybridized carbons (Fsp3) is 0.750. The van der Waals surface area contributed by atoms with Gasteiger partial charge >= 0.3 is 0 Å². The van der Waals surface area contributed by atoms with Crippen molar-refractivity contribution in [1.29, 1.82) is 0 Å². The van der Waals surface area contributed by atoms with Crippen LogP contribution in [-0.2, 0) is 9.84 Å². The molecule has 0 bridgehead atoms. The average molecular weight is 299 g/mol. The van der Waals surface area contributed by atoms with Gasteiger partial charge in [0.1, 0.15) is 0 Å². The van der Waals surface area contributed by atoms with Crippen molar-refractivity contribution in [2.45, 2.75) is 38.8 Å². The molecule has 20 heavy (non-hydrogen) atoms. The molecule has 0 aliphatic carbocycles. The van der Waals surface area contributed by atoms with Crippen molar-refractivity contribution in [2.75, 3.05) is 28.8 Å². The second-order valence-electron chi connectivity index (χ2n) is 6.18. The van der Waals surface area contributed by atoms with E-state index in [0.717, 1.165) is 0 Å². The highest BCUT2D eigenvalue weighted by molar-refractivity contribution is 7.91. The van der Waals surface area contributed by atoms with E-state index in [4.69, 9.17) is 0 Å². The van der Waals surface area contributed by atoms with E-state index in [0.29, 0.717) is 18.2 Å². The molecule has 1 aliphatic heterocycles. The Hall–Kier alpha value is -1.44. The molecule has 1 atom stereocenters. The summed E-state index contributed by atoms with van der Waals surface area (Å²) >= 11 is 0. The van der Waals surface area contributed by atoms with Gasteiger partial charge in [-0.15, -0.1) is 5.10 Å². The molecule has 0 radical (unpaired) electrons. The largest absolute Gasteiger partial charge is 0.364 e. The summed E-state index contributed by atoms with van der Waals surface area (Å²) in [7, 11) is -1.11. The standard InChI is InChI=1S/C12H21N5O2S/c1-12(2,3)15-10-7-13-16-11(14-10)17(4)9-5-6-20(18,19)8-9/h7,9H,5-6,8H2,1-4H3,(H,14,15,16). The first kappa shape index (κ1) is 15.0. The monoisotopic (exact) mass is 299 g/mol. The SMILES string of the molecule is CN(c1nncc(NC(C)(C)C)n1)C1CCS(=O)(=O)C1. The molecule has 0 spiro atoms. The zero-order valence-corrected chi connectivity index (χ0v) is 13.1. The Kier molecular flexibility index (Phi) is 3.86. The normalized spacial score (nSPS) is 21.7. The summed E-state index contributed by atoms with van der Waals surface area (Å²) in [6.45, 7) is 6.09. The van der Waals surface area contributed by atoms with E-state index in [1.807, 2.05) is 27.8 Å². The van der Waals surface area contributed by atoms with E-state index in [-0.39, 0.29) is 23.1 Å². The van der Waals surface area contributed by atoms with Crippen LogP contribution in [0, 0.1) is 0 Å². The van der Waals surface area contributed by atoms with Crippen LogP contribution < -0.4 is 10.2 Å². The van der Waals surface area contributed by atoms with Gasteiger partial charge < -0.3 is 10.2 Å². The zero-order chi connectivity index (χ0) is 15.0. The van der Waals surface area contributed by atoms with Gasteiger partial charge in [-0.05, 0) is 27.2 Å². The summed E-state index contributed by atoms with van der Waals surface area (Å²) in [5.74, 6) is 1.47. The third-order valence-corrected chi connectivity index (χ3v) is 4.87. The van der Waals surface area contributed by atoms with Crippen molar-refractivity contribution < 1.29 is 8.42 Å². The summed E-state index contributed by atoms with van der Waals surface area (Å²) in [5, 5.41) is 11.1. The molecule has 1 N–H and O–H groups in total. The van der Waals surface area contributed by atoms with Crippen molar-refractivity contribution in [3.8, 4) is 0 Å². The van der Waals surface area contributed by atoms with Gasteiger partial charge in [-0.3, -0.25) is 0 Å². The first-order chi connectivity index (χ1) is 9.16. The molecular formula is C12H21N5O2S. The average Bonchev–Trinajstić information content (AvgIpc) is 2.67. The number of hydrogen-bond acceptors (Lipinski definition) is 7. The molecule has 0 amide bonds. The van der Waals surface area contributed by atoms with Crippen LogP contribution in [-0.4, -0.2) is 53.7 Å². The Morgan fingerprint density at radius 2 is 2.10 bits per heavy atom. The van der Waals surface area contributed by atoms with Crippen LogP contribution in [0.4, 0.5) is 11.8 Å². The lowest BCUT2D eigenvalue weighted by molar-refractivity contribution is 0.600. The molecule has 0 aromatic carbocycles. The van der Waals surface area contributed by atoms with E-state index < -0.39 is 9.84 Å². The topological polar surface area (TPSA) is 88.1 Å². The van der Waals surface area contributed by atoms with Gasteiger partial charge in [0.25, 0.3) is 0 Å². The van der Waals surface area contributed by atoms with Crippen LogP contribution in [0.3, 0.4) is 0 Å². The molecule has 1 unspecified atom stereocenters. The zero-order valence-electron chi connectivity index (χ0n) is 12.3. The third kappa shape index (κ3) is 3.78. The summed E-state index contributed by atoms with van der Waals surface area (Å²) in [6.07, 6.45) is 2.17. The van der Waals surface area contributed by atoms with Gasteiger partial charge in [-0.25, -0.2) is 8.42 Å². The predicted octanol–water partition coefficient (Wildman–Crippen LogP) is 0.705. The number of nitrogens with zero attached hydrogens (tertiary/aromatic N) is 4.